The zero-order valence-corrected chi connectivity index (χ0v) is 16.8. The van der Waals surface area contributed by atoms with Gasteiger partial charge in [-0.3, -0.25) is 4.98 Å². The molecule has 0 unspecified atom stereocenters. The molecule has 0 atom stereocenters. The largest absolute Gasteiger partial charge is 0.462 e. The van der Waals surface area contributed by atoms with Crippen molar-refractivity contribution in [3.63, 3.8) is 0 Å². The second-order valence-electron chi connectivity index (χ2n) is 8.40. The standard InChI is InChI=1S/C26H22N2O/c1-26(2,3)23-12-10-20-21(15-18-13-14-29-25(18)24(20)28-23)22-11-9-19(16-27-22)17-7-5-4-6-8-17/h4-16H,1-3H3. The Morgan fingerprint density at radius 3 is 2.38 bits per heavy atom. The summed E-state index contributed by atoms with van der Waals surface area (Å²) in [6.45, 7) is 6.52. The summed E-state index contributed by atoms with van der Waals surface area (Å²) in [7, 11) is 0. The molecule has 0 aliphatic heterocycles. The van der Waals surface area contributed by atoms with E-state index >= 15 is 0 Å². The van der Waals surface area contributed by atoms with E-state index in [4.69, 9.17) is 14.4 Å². The molecule has 0 fully saturated rings. The van der Waals surface area contributed by atoms with Crippen LogP contribution in [0, 0.1) is 0 Å². The van der Waals surface area contributed by atoms with Gasteiger partial charge in [-0.15, -0.1) is 0 Å². The Hall–Kier alpha value is -3.46. The SMILES string of the molecule is CC(C)(C)c1ccc2c(-c3ccc(-c4ccccc4)cn3)cc3ccoc3c2n1. The molecule has 0 saturated carbocycles. The fourth-order valence-corrected chi connectivity index (χ4v) is 3.69. The Morgan fingerprint density at radius 2 is 1.66 bits per heavy atom. The van der Waals surface area contributed by atoms with E-state index in [1.54, 1.807) is 6.26 Å². The lowest BCUT2D eigenvalue weighted by Crippen LogP contribution is -2.13. The molecule has 0 aliphatic rings. The predicted molar refractivity (Wildman–Crippen MR) is 119 cm³/mol. The van der Waals surface area contributed by atoms with Crippen molar-refractivity contribution in [1.82, 2.24) is 9.97 Å². The van der Waals surface area contributed by atoms with Gasteiger partial charge >= 0.3 is 0 Å². The molecule has 0 N–H and O–H groups in total. The maximum atomic E-state index is 5.78. The number of hydrogen-bond donors (Lipinski definition) is 0. The summed E-state index contributed by atoms with van der Waals surface area (Å²) in [6.07, 6.45) is 3.66. The number of rotatable bonds is 2. The van der Waals surface area contributed by atoms with Crippen LogP contribution in [0.1, 0.15) is 26.5 Å². The van der Waals surface area contributed by atoms with Crippen molar-refractivity contribution in [1.29, 1.82) is 0 Å². The summed E-state index contributed by atoms with van der Waals surface area (Å²) >= 11 is 0. The van der Waals surface area contributed by atoms with Crippen molar-refractivity contribution >= 4 is 21.9 Å². The van der Waals surface area contributed by atoms with E-state index in [1.165, 1.54) is 0 Å². The molecule has 0 radical (unpaired) electrons. The molecule has 2 aromatic carbocycles. The third kappa shape index (κ3) is 3.09. The maximum Gasteiger partial charge on any atom is 0.160 e. The summed E-state index contributed by atoms with van der Waals surface area (Å²) in [6, 6.07) is 22.9. The molecule has 5 aromatic rings. The van der Waals surface area contributed by atoms with Gasteiger partial charge in [0.15, 0.2) is 5.58 Å². The second kappa shape index (κ2) is 6.56. The molecule has 29 heavy (non-hydrogen) atoms. The second-order valence-corrected chi connectivity index (χ2v) is 8.40. The third-order valence-electron chi connectivity index (χ3n) is 5.31. The van der Waals surface area contributed by atoms with Crippen LogP contribution < -0.4 is 0 Å². The summed E-state index contributed by atoms with van der Waals surface area (Å²) < 4.78 is 5.78. The molecule has 142 valence electrons. The molecule has 0 bridgehead atoms. The Morgan fingerprint density at radius 1 is 0.828 bits per heavy atom. The first kappa shape index (κ1) is 17.6. The van der Waals surface area contributed by atoms with Gasteiger partial charge in [0, 0.05) is 39.2 Å². The summed E-state index contributed by atoms with van der Waals surface area (Å²) in [5.74, 6) is 0. The molecular weight excluding hydrogens is 356 g/mol. The summed E-state index contributed by atoms with van der Waals surface area (Å²) in [5, 5.41) is 2.10. The number of furan rings is 1. The molecule has 3 nitrogen and oxygen atoms in total. The van der Waals surface area contributed by atoms with E-state index in [0.717, 1.165) is 50.0 Å². The van der Waals surface area contributed by atoms with Crippen molar-refractivity contribution in [2.24, 2.45) is 0 Å². The average molecular weight is 378 g/mol. The van der Waals surface area contributed by atoms with Crippen LogP contribution in [-0.4, -0.2) is 9.97 Å². The first-order valence-corrected chi connectivity index (χ1v) is 9.84. The third-order valence-corrected chi connectivity index (χ3v) is 5.31. The van der Waals surface area contributed by atoms with Gasteiger partial charge in [-0.1, -0.05) is 63.2 Å². The van der Waals surface area contributed by atoms with Gasteiger partial charge in [0.25, 0.3) is 0 Å². The lowest BCUT2D eigenvalue weighted by Gasteiger charge is -2.18. The normalized spacial score (nSPS) is 12.0. The molecule has 0 saturated heterocycles. The van der Waals surface area contributed by atoms with Gasteiger partial charge in [0.1, 0.15) is 5.52 Å². The fourth-order valence-electron chi connectivity index (χ4n) is 3.69. The van der Waals surface area contributed by atoms with E-state index in [9.17, 15) is 0 Å². The van der Waals surface area contributed by atoms with Gasteiger partial charge < -0.3 is 4.42 Å². The topological polar surface area (TPSA) is 38.9 Å². The number of nitrogens with zero attached hydrogens (tertiary/aromatic N) is 2. The van der Waals surface area contributed by atoms with Crippen LogP contribution in [-0.2, 0) is 5.41 Å². The van der Waals surface area contributed by atoms with Crippen LogP contribution in [0.25, 0.3) is 44.3 Å². The minimum absolute atomic E-state index is 0.0291. The highest BCUT2D eigenvalue weighted by atomic mass is 16.3. The molecule has 3 heteroatoms. The van der Waals surface area contributed by atoms with Crippen LogP contribution in [0.4, 0.5) is 0 Å². The minimum atomic E-state index is -0.0291. The van der Waals surface area contributed by atoms with E-state index in [2.05, 4.69) is 63.2 Å². The number of fused-ring (bicyclic) bond motifs is 3. The summed E-state index contributed by atoms with van der Waals surface area (Å²) in [4.78, 5) is 9.76. The smallest absolute Gasteiger partial charge is 0.160 e. The van der Waals surface area contributed by atoms with E-state index in [-0.39, 0.29) is 5.41 Å². The lowest BCUT2D eigenvalue weighted by atomic mass is 9.90. The van der Waals surface area contributed by atoms with Crippen LogP contribution in [0.5, 0.6) is 0 Å². The van der Waals surface area contributed by atoms with Crippen molar-refractivity contribution in [2.75, 3.05) is 0 Å². The van der Waals surface area contributed by atoms with Gasteiger partial charge in [0.2, 0.25) is 0 Å². The van der Waals surface area contributed by atoms with Crippen LogP contribution >= 0.6 is 0 Å². The van der Waals surface area contributed by atoms with Crippen molar-refractivity contribution in [3.05, 3.63) is 84.9 Å². The highest BCUT2D eigenvalue weighted by Crippen LogP contribution is 2.35. The van der Waals surface area contributed by atoms with Crippen molar-refractivity contribution in [2.45, 2.75) is 26.2 Å². The number of aromatic nitrogens is 2. The average Bonchev–Trinajstić information content (AvgIpc) is 3.22. The molecular formula is C26H22N2O. The Labute approximate surface area is 170 Å². The number of benzene rings is 2. The monoisotopic (exact) mass is 378 g/mol. The van der Waals surface area contributed by atoms with Gasteiger partial charge in [-0.25, -0.2) is 4.98 Å². The Kier molecular flexibility index (Phi) is 3.99. The highest BCUT2D eigenvalue weighted by molar-refractivity contribution is 6.09. The van der Waals surface area contributed by atoms with E-state index < -0.39 is 0 Å². The first-order chi connectivity index (χ1) is 14.0. The van der Waals surface area contributed by atoms with Crippen LogP contribution in [0.2, 0.25) is 0 Å². The quantitative estimate of drug-likeness (QED) is 0.332. The molecule has 3 aromatic heterocycles. The molecule has 5 rings (SSSR count). The van der Waals surface area contributed by atoms with Crippen molar-refractivity contribution in [3.8, 4) is 22.4 Å². The van der Waals surface area contributed by atoms with E-state index in [1.807, 2.05) is 30.5 Å². The molecule has 0 spiro atoms. The molecule has 3 heterocycles. The predicted octanol–water partition coefficient (Wildman–Crippen LogP) is 7.01. The number of pyridine rings is 2. The van der Waals surface area contributed by atoms with Gasteiger partial charge in [-0.2, -0.15) is 0 Å². The summed E-state index contributed by atoms with van der Waals surface area (Å²) in [5.41, 5.74) is 7.02. The van der Waals surface area contributed by atoms with Crippen LogP contribution in [0.15, 0.2) is 83.6 Å². The molecule has 0 amide bonds. The molecule has 0 aliphatic carbocycles. The maximum absolute atomic E-state index is 5.78. The van der Waals surface area contributed by atoms with E-state index in [0.29, 0.717) is 0 Å². The van der Waals surface area contributed by atoms with Gasteiger partial charge in [-0.05, 0) is 29.8 Å². The van der Waals surface area contributed by atoms with Gasteiger partial charge in [0.05, 0.1) is 12.0 Å². The minimum Gasteiger partial charge on any atom is -0.462 e. The first-order valence-electron chi connectivity index (χ1n) is 9.84. The van der Waals surface area contributed by atoms with Crippen LogP contribution in [0.3, 0.4) is 0 Å². The zero-order chi connectivity index (χ0) is 20.0. The fraction of sp³-hybridized carbons (Fsp3) is 0.154. The Balaban J connectivity index is 1.70. The Bertz CT molecular complexity index is 1310. The van der Waals surface area contributed by atoms with Crippen molar-refractivity contribution < 1.29 is 4.42 Å². The number of hydrogen-bond acceptors (Lipinski definition) is 3. The lowest BCUT2D eigenvalue weighted by molar-refractivity contribution is 0.570. The zero-order valence-electron chi connectivity index (χ0n) is 16.8. The highest BCUT2D eigenvalue weighted by Gasteiger charge is 2.19.